The summed E-state index contributed by atoms with van der Waals surface area (Å²) >= 11 is 5.84. The van der Waals surface area contributed by atoms with Crippen LogP contribution in [-0.2, 0) is 13.1 Å². The lowest BCUT2D eigenvalue weighted by Gasteiger charge is -2.12. The molecule has 0 aliphatic carbocycles. The molecule has 0 radical (unpaired) electrons. The van der Waals surface area contributed by atoms with Gasteiger partial charge in [-0.1, -0.05) is 11.6 Å². The molecule has 3 N–H and O–H groups in total. The molecule has 0 atom stereocenters. The maximum atomic E-state index is 13.4. The fourth-order valence-electron chi connectivity index (χ4n) is 2.94. The van der Waals surface area contributed by atoms with Crippen LogP contribution in [0.25, 0.3) is 11.1 Å². The maximum absolute atomic E-state index is 13.4. The van der Waals surface area contributed by atoms with E-state index in [4.69, 9.17) is 26.8 Å². The second-order valence-electron chi connectivity index (χ2n) is 6.52. The highest BCUT2D eigenvalue weighted by atomic mass is 35.5. The minimum atomic E-state index is -0.748. The lowest BCUT2D eigenvalue weighted by Crippen LogP contribution is -2.23. The molecule has 2 aromatic carbocycles. The summed E-state index contributed by atoms with van der Waals surface area (Å²) in [4.78, 5) is 16.4. The summed E-state index contributed by atoms with van der Waals surface area (Å²) in [6.45, 7) is 0.516. The highest BCUT2D eigenvalue weighted by Crippen LogP contribution is 2.26. The van der Waals surface area contributed by atoms with Crippen LogP contribution in [0.4, 0.5) is 4.39 Å². The Morgan fingerprint density at radius 2 is 1.73 bits per heavy atom. The first-order chi connectivity index (χ1) is 14.4. The van der Waals surface area contributed by atoms with E-state index in [1.807, 2.05) is 18.2 Å². The van der Waals surface area contributed by atoms with E-state index in [0.29, 0.717) is 28.2 Å². The van der Waals surface area contributed by atoms with Crippen LogP contribution in [0.1, 0.15) is 21.5 Å². The second kappa shape index (κ2) is 9.56. The molecule has 6 nitrogen and oxygen atoms in total. The Bertz CT molecular complexity index is 1050. The molecular weight excluding hydrogens is 409 g/mol. The minimum absolute atomic E-state index is 0.0939. The monoisotopic (exact) mass is 429 g/mol. The van der Waals surface area contributed by atoms with Gasteiger partial charge in [-0.15, -0.1) is 0 Å². The van der Waals surface area contributed by atoms with Crippen LogP contribution in [0.3, 0.4) is 0 Å². The van der Waals surface area contributed by atoms with Crippen molar-refractivity contribution in [3.63, 3.8) is 0 Å². The molecule has 3 rings (SSSR count). The van der Waals surface area contributed by atoms with Crippen molar-refractivity contribution in [3.8, 4) is 22.6 Å². The molecule has 3 aromatic rings. The molecule has 0 bridgehead atoms. The number of carbonyl (C=O) groups is 1. The number of nitrogens with zero attached hydrogens (tertiary/aromatic N) is 1. The van der Waals surface area contributed by atoms with Gasteiger partial charge in [0.1, 0.15) is 11.5 Å². The highest BCUT2D eigenvalue weighted by Gasteiger charge is 2.12. The number of hydrogen-bond donors (Lipinski definition) is 2. The SMILES string of the molecule is COc1cc(CNC(=O)c2cc(CN)cc(-c3cnc(F)c(Cl)c3)c2)cc(OC)c1. The number of ether oxygens (including phenoxy) is 2. The first kappa shape index (κ1) is 21.5. The van der Waals surface area contributed by atoms with Gasteiger partial charge in [-0.3, -0.25) is 4.79 Å². The number of carbonyl (C=O) groups excluding carboxylic acids is 1. The Morgan fingerprint density at radius 1 is 1.03 bits per heavy atom. The number of aromatic nitrogens is 1. The standard InChI is InChI=1S/C22H21ClFN3O3/c1-29-18-5-14(6-19(9-18)30-2)11-27-22(28)16-4-13(10-25)3-15(7-16)17-8-20(23)21(24)26-12-17/h3-9,12H,10-11,25H2,1-2H3,(H,27,28). The van der Waals surface area contributed by atoms with Crippen molar-refractivity contribution < 1.29 is 18.7 Å². The number of benzene rings is 2. The van der Waals surface area contributed by atoms with Crippen LogP contribution < -0.4 is 20.5 Å². The Kier molecular flexibility index (Phi) is 6.87. The van der Waals surface area contributed by atoms with Gasteiger partial charge in [0.25, 0.3) is 5.91 Å². The average molecular weight is 430 g/mol. The quantitative estimate of drug-likeness (QED) is 0.555. The third kappa shape index (κ3) is 5.06. The van der Waals surface area contributed by atoms with E-state index in [9.17, 15) is 9.18 Å². The maximum Gasteiger partial charge on any atom is 0.251 e. The zero-order chi connectivity index (χ0) is 21.7. The van der Waals surface area contributed by atoms with E-state index in [1.54, 1.807) is 32.4 Å². The number of pyridine rings is 1. The van der Waals surface area contributed by atoms with Gasteiger partial charge < -0.3 is 20.5 Å². The van der Waals surface area contributed by atoms with Crippen LogP contribution in [0, 0.1) is 5.95 Å². The summed E-state index contributed by atoms with van der Waals surface area (Å²) in [5.74, 6) is 0.231. The third-order valence-corrected chi connectivity index (χ3v) is 4.75. The van der Waals surface area contributed by atoms with E-state index in [2.05, 4.69) is 10.3 Å². The van der Waals surface area contributed by atoms with Gasteiger partial charge in [0.05, 0.1) is 19.2 Å². The largest absolute Gasteiger partial charge is 0.497 e. The molecule has 30 heavy (non-hydrogen) atoms. The molecule has 0 spiro atoms. The fourth-order valence-corrected chi connectivity index (χ4v) is 3.11. The number of hydrogen-bond acceptors (Lipinski definition) is 5. The van der Waals surface area contributed by atoms with Crippen LogP contribution >= 0.6 is 11.6 Å². The van der Waals surface area contributed by atoms with Crippen LogP contribution in [0.5, 0.6) is 11.5 Å². The van der Waals surface area contributed by atoms with Crippen LogP contribution in [-0.4, -0.2) is 25.1 Å². The predicted molar refractivity (Wildman–Crippen MR) is 113 cm³/mol. The Morgan fingerprint density at radius 3 is 2.33 bits per heavy atom. The van der Waals surface area contributed by atoms with E-state index in [-0.39, 0.29) is 24.0 Å². The van der Waals surface area contributed by atoms with Crippen LogP contribution in [0.15, 0.2) is 48.7 Å². The number of nitrogens with one attached hydrogen (secondary N) is 1. The molecule has 0 aliphatic heterocycles. The van der Waals surface area contributed by atoms with E-state index in [0.717, 1.165) is 11.1 Å². The summed E-state index contributed by atoms with van der Waals surface area (Å²) in [6.07, 6.45) is 1.36. The van der Waals surface area contributed by atoms with Gasteiger partial charge in [0.2, 0.25) is 5.95 Å². The minimum Gasteiger partial charge on any atom is -0.497 e. The van der Waals surface area contributed by atoms with Gasteiger partial charge in [0.15, 0.2) is 0 Å². The number of halogens is 2. The predicted octanol–water partition coefficient (Wildman–Crippen LogP) is 3.95. The molecule has 0 fully saturated rings. The third-order valence-electron chi connectivity index (χ3n) is 4.48. The lowest BCUT2D eigenvalue weighted by atomic mass is 10.0. The smallest absolute Gasteiger partial charge is 0.251 e. The molecule has 0 unspecified atom stereocenters. The Hall–Kier alpha value is -3.16. The fraction of sp³-hybridized carbons (Fsp3) is 0.182. The van der Waals surface area contributed by atoms with Crippen molar-refractivity contribution in [2.24, 2.45) is 5.73 Å². The van der Waals surface area contributed by atoms with Crippen molar-refractivity contribution in [3.05, 3.63) is 76.3 Å². The molecule has 156 valence electrons. The summed E-state index contributed by atoms with van der Waals surface area (Å²) in [7, 11) is 3.13. The first-order valence-corrected chi connectivity index (χ1v) is 9.47. The second-order valence-corrected chi connectivity index (χ2v) is 6.93. The molecule has 0 aliphatic rings. The van der Waals surface area contributed by atoms with Gasteiger partial charge in [-0.05, 0) is 53.1 Å². The van der Waals surface area contributed by atoms with E-state index < -0.39 is 5.95 Å². The molecular formula is C22H21ClFN3O3. The van der Waals surface area contributed by atoms with Crippen molar-refractivity contribution >= 4 is 17.5 Å². The van der Waals surface area contributed by atoms with Crippen molar-refractivity contribution in [2.45, 2.75) is 13.1 Å². The number of nitrogens with two attached hydrogens (primary N) is 1. The lowest BCUT2D eigenvalue weighted by molar-refractivity contribution is 0.0950. The van der Waals surface area contributed by atoms with E-state index in [1.165, 1.54) is 12.3 Å². The van der Waals surface area contributed by atoms with Gasteiger partial charge >= 0.3 is 0 Å². The normalized spacial score (nSPS) is 10.6. The van der Waals surface area contributed by atoms with E-state index >= 15 is 0 Å². The number of rotatable bonds is 7. The van der Waals surface area contributed by atoms with Crippen LogP contribution in [0.2, 0.25) is 5.02 Å². The summed E-state index contributed by atoms with van der Waals surface area (Å²) in [5, 5.41) is 2.78. The van der Waals surface area contributed by atoms with Crippen molar-refractivity contribution in [1.29, 1.82) is 0 Å². The molecule has 1 amide bonds. The molecule has 1 aromatic heterocycles. The zero-order valence-electron chi connectivity index (χ0n) is 16.5. The zero-order valence-corrected chi connectivity index (χ0v) is 17.3. The summed E-state index contributed by atoms with van der Waals surface area (Å²) in [5.41, 5.74) is 9.04. The molecule has 0 saturated heterocycles. The summed E-state index contributed by atoms with van der Waals surface area (Å²) < 4.78 is 23.9. The average Bonchev–Trinajstić information content (AvgIpc) is 2.78. The molecule has 1 heterocycles. The number of amides is 1. The van der Waals surface area contributed by atoms with Gasteiger partial charge in [-0.25, -0.2) is 4.98 Å². The van der Waals surface area contributed by atoms with Crippen molar-refractivity contribution in [2.75, 3.05) is 14.2 Å². The van der Waals surface area contributed by atoms with Gasteiger partial charge in [0, 0.05) is 36.5 Å². The van der Waals surface area contributed by atoms with Gasteiger partial charge in [-0.2, -0.15) is 4.39 Å². The topological polar surface area (TPSA) is 86.5 Å². The Balaban J connectivity index is 1.84. The molecule has 8 heteroatoms. The first-order valence-electron chi connectivity index (χ1n) is 9.09. The number of methoxy groups -OCH3 is 2. The highest BCUT2D eigenvalue weighted by molar-refractivity contribution is 6.30. The summed E-state index contributed by atoms with van der Waals surface area (Å²) in [6, 6.07) is 12.1. The Labute approximate surface area is 178 Å². The molecule has 0 saturated carbocycles. The van der Waals surface area contributed by atoms with Crippen molar-refractivity contribution in [1.82, 2.24) is 10.3 Å².